The van der Waals surface area contributed by atoms with Gasteiger partial charge in [0, 0.05) is 12.5 Å². The van der Waals surface area contributed by atoms with Gasteiger partial charge in [0.1, 0.15) is 5.82 Å². The summed E-state index contributed by atoms with van der Waals surface area (Å²) in [6.07, 6.45) is 6.88. The van der Waals surface area contributed by atoms with Crippen molar-refractivity contribution in [2.45, 2.75) is 25.8 Å². The van der Waals surface area contributed by atoms with Gasteiger partial charge in [0.15, 0.2) is 0 Å². The molecule has 1 aromatic rings. The molecule has 0 aliphatic rings. The Balaban J connectivity index is 2.40. The second-order valence-corrected chi connectivity index (χ2v) is 3.54. The van der Waals surface area contributed by atoms with E-state index in [1.54, 1.807) is 12.1 Å². The zero-order valence-corrected chi connectivity index (χ0v) is 8.96. The Hall–Kier alpha value is -1.33. The molecule has 1 unspecified atom stereocenters. The van der Waals surface area contributed by atoms with Crippen LogP contribution in [0.3, 0.4) is 0 Å². The highest BCUT2D eigenvalue weighted by atomic mass is 19.1. The Morgan fingerprint density at radius 3 is 3.00 bits per heavy atom. The second kappa shape index (κ2) is 6.21. The molecule has 0 fully saturated rings. The molecular formula is C13H16FN. The molecule has 0 bridgehead atoms. The number of nitrogens with one attached hydrogen (secondary N) is 1. The highest BCUT2D eigenvalue weighted by molar-refractivity contribution is 5.19. The summed E-state index contributed by atoms with van der Waals surface area (Å²) in [4.78, 5) is 0. The number of hydrogen-bond donors (Lipinski definition) is 1. The highest BCUT2D eigenvalue weighted by Crippen LogP contribution is 2.13. The van der Waals surface area contributed by atoms with E-state index in [2.05, 4.69) is 11.2 Å². The number of rotatable bonds is 5. The molecule has 0 saturated heterocycles. The number of hydrogen-bond acceptors (Lipinski definition) is 1. The third-order valence-electron chi connectivity index (χ3n) is 2.30. The predicted octanol–water partition coefficient (Wildman–Crippen LogP) is 2.89. The van der Waals surface area contributed by atoms with E-state index in [0.717, 1.165) is 24.9 Å². The zero-order chi connectivity index (χ0) is 11.1. The third kappa shape index (κ3) is 4.14. The molecule has 80 valence electrons. The molecule has 1 N–H and O–H groups in total. The van der Waals surface area contributed by atoms with Crippen molar-refractivity contribution in [2.75, 3.05) is 6.54 Å². The molecule has 1 rings (SSSR count). The first kappa shape index (κ1) is 11.7. The van der Waals surface area contributed by atoms with E-state index in [9.17, 15) is 4.39 Å². The highest BCUT2D eigenvalue weighted by Gasteiger charge is 2.04. The van der Waals surface area contributed by atoms with E-state index in [0.29, 0.717) is 0 Å². The molecule has 0 saturated carbocycles. The van der Waals surface area contributed by atoms with Crippen LogP contribution < -0.4 is 5.32 Å². The molecule has 0 aromatic heterocycles. The van der Waals surface area contributed by atoms with E-state index < -0.39 is 0 Å². The van der Waals surface area contributed by atoms with Gasteiger partial charge in [-0.1, -0.05) is 12.1 Å². The van der Waals surface area contributed by atoms with Crippen molar-refractivity contribution in [3.63, 3.8) is 0 Å². The Labute approximate surface area is 90.7 Å². The lowest BCUT2D eigenvalue weighted by atomic mass is 10.1. The van der Waals surface area contributed by atoms with Gasteiger partial charge in [-0.05, 0) is 37.6 Å². The van der Waals surface area contributed by atoms with Crippen molar-refractivity contribution < 1.29 is 4.39 Å². The van der Waals surface area contributed by atoms with Gasteiger partial charge >= 0.3 is 0 Å². The van der Waals surface area contributed by atoms with E-state index in [1.165, 1.54) is 6.07 Å². The molecule has 0 heterocycles. The lowest BCUT2D eigenvalue weighted by Crippen LogP contribution is -2.19. The SMILES string of the molecule is C#CCCCNC(C)c1cccc(F)c1. The Bertz CT molecular complexity index is 341. The van der Waals surface area contributed by atoms with Gasteiger partial charge in [0.05, 0.1) is 0 Å². The van der Waals surface area contributed by atoms with Gasteiger partial charge in [-0.2, -0.15) is 0 Å². The van der Waals surface area contributed by atoms with Crippen molar-refractivity contribution in [2.24, 2.45) is 0 Å². The van der Waals surface area contributed by atoms with Gasteiger partial charge in [-0.3, -0.25) is 0 Å². The van der Waals surface area contributed by atoms with Crippen molar-refractivity contribution >= 4 is 0 Å². The van der Waals surface area contributed by atoms with Gasteiger partial charge in [-0.15, -0.1) is 12.3 Å². The minimum Gasteiger partial charge on any atom is -0.310 e. The van der Waals surface area contributed by atoms with E-state index in [1.807, 2.05) is 13.0 Å². The van der Waals surface area contributed by atoms with Crippen LogP contribution in [0.4, 0.5) is 4.39 Å². The molecule has 2 heteroatoms. The fourth-order valence-electron chi connectivity index (χ4n) is 1.40. The van der Waals surface area contributed by atoms with Crippen LogP contribution in [0.25, 0.3) is 0 Å². The number of terminal acetylenes is 1. The molecule has 1 aromatic carbocycles. The van der Waals surface area contributed by atoms with Crippen molar-refractivity contribution in [1.82, 2.24) is 5.32 Å². The first-order valence-electron chi connectivity index (χ1n) is 5.16. The van der Waals surface area contributed by atoms with Crippen LogP contribution in [-0.4, -0.2) is 6.54 Å². The van der Waals surface area contributed by atoms with Gasteiger partial charge in [0.25, 0.3) is 0 Å². The molecule has 0 aliphatic heterocycles. The standard InChI is InChI=1S/C13H16FN/c1-3-4-5-9-15-11(2)12-7-6-8-13(14)10-12/h1,6-8,10-11,15H,4-5,9H2,2H3. The first-order chi connectivity index (χ1) is 7.24. The minimum absolute atomic E-state index is 0.165. The maximum atomic E-state index is 12.9. The third-order valence-corrected chi connectivity index (χ3v) is 2.30. The largest absolute Gasteiger partial charge is 0.310 e. The Morgan fingerprint density at radius 1 is 1.53 bits per heavy atom. The monoisotopic (exact) mass is 205 g/mol. The molecule has 0 spiro atoms. The van der Waals surface area contributed by atoms with Crippen LogP contribution in [0, 0.1) is 18.2 Å². The van der Waals surface area contributed by atoms with Crippen LogP contribution in [0.15, 0.2) is 24.3 Å². The zero-order valence-electron chi connectivity index (χ0n) is 8.96. The maximum absolute atomic E-state index is 12.9. The van der Waals surface area contributed by atoms with Crippen LogP contribution in [-0.2, 0) is 0 Å². The molecule has 1 atom stereocenters. The topological polar surface area (TPSA) is 12.0 Å². The average molecular weight is 205 g/mol. The summed E-state index contributed by atoms with van der Waals surface area (Å²) in [7, 11) is 0. The normalized spacial score (nSPS) is 12.1. The van der Waals surface area contributed by atoms with E-state index in [-0.39, 0.29) is 11.9 Å². The second-order valence-electron chi connectivity index (χ2n) is 3.54. The van der Waals surface area contributed by atoms with Crippen LogP contribution in [0.1, 0.15) is 31.4 Å². The molecule has 0 radical (unpaired) electrons. The number of halogens is 1. The summed E-state index contributed by atoms with van der Waals surface area (Å²) in [5.74, 6) is 2.40. The molecule has 0 amide bonds. The minimum atomic E-state index is -0.190. The summed E-state index contributed by atoms with van der Waals surface area (Å²) in [6, 6.07) is 6.82. The van der Waals surface area contributed by atoms with Crippen LogP contribution >= 0.6 is 0 Å². The average Bonchev–Trinajstić information content (AvgIpc) is 2.24. The van der Waals surface area contributed by atoms with Gasteiger partial charge in [-0.25, -0.2) is 4.39 Å². The van der Waals surface area contributed by atoms with Gasteiger partial charge in [0.2, 0.25) is 0 Å². The van der Waals surface area contributed by atoms with E-state index >= 15 is 0 Å². The summed E-state index contributed by atoms with van der Waals surface area (Å²) < 4.78 is 12.9. The smallest absolute Gasteiger partial charge is 0.123 e. The van der Waals surface area contributed by atoms with E-state index in [4.69, 9.17) is 6.42 Å². The lowest BCUT2D eigenvalue weighted by molar-refractivity contribution is 0.555. The van der Waals surface area contributed by atoms with Crippen molar-refractivity contribution in [1.29, 1.82) is 0 Å². The molecule has 1 nitrogen and oxygen atoms in total. The van der Waals surface area contributed by atoms with Crippen molar-refractivity contribution in [3.8, 4) is 12.3 Å². The van der Waals surface area contributed by atoms with Crippen molar-refractivity contribution in [3.05, 3.63) is 35.6 Å². The predicted molar refractivity (Wildman–Crippen MR) is 60.9 cm³/mol. The first-order valence-corrected chi connectivity index (χ1v) is 5.16. The molecule has 0 aliphatic carbocycles. The Kier molecular flexibility index (Phi) is 4.86. The van der Waals surface area contributed by atoms with Gasteiger partial charge < -0.3 is 5.32 Å². The molecule has 15 heavy (non-hydrogen) atoms. The summed E-state index contributed by atoms with van der Waals surface area (Å²) in [6.45, 7) is 2.88. The maximum Gasteiger partial charge on any atom is 0.123 e. The lowest BCUT2D eigenvalue weighted by Gasteiger charge is -2.13. The fourth-order valence-corrected chi connectivity index (χ4v) is 1.40. The van der Waals surface area contributed by atoms with Crippen LogP contribution in [0.2, 0.25) is 0 Å². The molecular weight excluding hydrogens is 189 g/mol. The number of benzene rings is 1. The number of unbranched alkanes of at least 4 members (excludes halogenated alkanes) is 1. The fraction of sp³-hybridized carbons (Fsp3) is 0.385. The van der Waals surface area contributed by atoms with Crippen LogP contribution in [0.5, 0.6) is 0 Å². The Morgan fingerprint density at radius 2 is 2.33 bits per heavy atom. The summed E-state index contributed by atoms with van der Waals surface area (Å²) in [5, 5.41) is 3.30. The summed E-state index contributed by atoms with van der Waals surface area (Å²) >= 11 is 0. The summed E-state index contributed by atoms with van der Waals surface area (Å²) in [5.41, 5.74) is 0.968. The quantitative estimate of drug-likeness (QED) is 0.575.